The molecule has 0 unspecified atom stereocenters. The van der Waals surface area contributed by atoms with E-state index in [1.807, 2.05) is 0 Å². The van der Waals surface area contributed by atoms with E-state index >= 15 is 0 Å². The summed E-state index contributed by atoms with van der Waals surface area (Å²) >= 11 is 20.5. The fourth-order valence-electron chi connectivity index (χ4n) is 14.4. The van der Waals surface area contributed by atoms with Crippen molar-refractivity contribution in [3.05, 3.63) is 198 Å². The topological polar surface area (TPSA) is 271 Å². The lowest BCUT2D eigenvalue weighted by atomic mass is 10.0. The van der Waals surface area contributed by atoms with E-state index in [0.29, 0.717) is 4.47 Å². The third-order valence-electron chi connectivity index (χ3n) is 20.1. The van der Waals surface area contributed by atoms with Gasteiger partial charge in [0.15, 0.2) is 17.3 Å². The summed E-state index contributed by atoms with van der Waals surface area (Å²) in [6.07, 6.45) is -19.4. The molecule has 0 spiro atoms. The van der Waals surface area contributed by atoms with Gasteiger partial charge in [-0.3, -0.25) is 52.3 Å². The van der Waals surface area contributed by atoms with Gasteiger partial charge in [-0.15, -0.1) is 0 Å². The first kappa shape index (κ1) is 94.2. The SMILES string of the molecule is CCOP(=O)(OCC)c1ccc2c(C(=O)C(F)(F)F)cn(CC(=O)N3C[C@H](F)C[C@H]3C(=O)CCc3cccc(Cl)c3F)c2c1.O=C(CCc1cccc(Cl)c1F)[C@@H]1C[C@@H](F)CN1C(=O)Cn1cc(C(=O)C(F)(F)F)c2ccc(Br)cc21.O=C(CCc1cccc(Cl)c1F)[C@@H]1C[C@@H](F)CN1C(=O)Cn1cc(C(=O)C(F)(F)F)c2ccc(P(=O)(O)O)cc21. The Balaban J connectivity index is 0.000000191. The van der Waals surface area contributed by atoms with Crippen LogP contribution in [0.25, 0.3) is 32.7 Å². The van der Waals surface area contributed by atoms with Gasteiger partial charge in [0.25, 0.3) is 17.3 Å². The highest BCUT2D eigenvalue weighted by atomic mass is 79.9. The number of benzene rings is 6. The van der Waals surface area contributed by atoms with E-state index in [-0.39, 0.29) is 147 Å². The van der Waals surface area contributed by atoms with Crippen molar-refractivity contribution in [2.24, 2.45) is 0 Å². The summed E-state index contributed by atoms with van der Waals surface area (Å²) in [6.45, 7) is -0.104. The van der Waals surface area contributed by atoms with Crippen LogP contribution in [-0.2, 0) is 85.8 Å². The number of carbonyl (C=O) groups is 9. The van der Waals surface area contributed by atoms with E-state index in [1.165, 1.54) is 89.5 Å². The number of aryl methyl sites for hydroxylation is 3. The number of alkyl halides is 12. The maximum atomic E-state index is 14.5. The standard InChI is InChI=1S/C29H29ClF5N2O6P.C25H19BrClF5N2O3.C25H21ClF5N2O6P/c1-3-42-44(41,43-4-2)19-9-10-20-21(28(40)29(33,34)35)15-36(23(20)13-19)16-26(39)37-14-18(31)12-24(37)25(38)11-8-17-6-5-7-22(30)27(17)32;26-14-5-6-16-17(24(37)25(30,31)32)11-33(19(16)8-14)12-22(36)34-10-15(28)9-20(34)21(35)7-4-13-2-1-3-18(27)23(13)29;26-18-3-1-2-13(23(18)28)4-7-21(34)20-8-14(27)10-33(20)22(35)12-32-11-17(24(36)25(29,30)31)16-6-5-15(9-19(16)32)40(37,38)39/h5-7,9-10,13,15,18,24H,3-4,8,11-12,14,16H2,1-2H3;1-3,5-6,8,11,15,20H,4,7,9-10,12H2;1-3,5-6,9,11,14,20H,4,7-8,10,12H2,(H2,37,38,39)/t18-,24+;15-,20+;14-,20+/m111/s1. The number of fused-ring (bicyclic) bond motifs is 3. The maximum Gasteiger partial charge on any atom is 0.454 e. The number of hydrogen-bond acceptors (Lipinski definition) is 13. The second kappa shape index (κ2) is 38.4. The number of likely N-dealkylation sites (tertiary alicyclic amines) is 3. The first-order valence-corrected chi connectivity index (χ1v) is 41.7. The van der Waals surface area contributed by atoms with Gasteiger partial charge < -0.3 is 47.2 Å². The van der Waals surface area contributed by atoms with Gasteiger partial charge in [-0.2, -0.15) is 39.5 Å². The zero-order valence-corrected chi connectivity index (χ0v) is 68.7. The predicted octanol–water partition coefficient (Wildman–Crippen LogP) is 16.4. The molecule has 121 heavy (non-hydrogen) atoms. The zero-order chi connectivity index (χ0) is 89.0. The molecule has 3 saturated heterocycles. The van der Waals surface area contributed by atoms with Crippen LogP contribution >= 0.6 is 65.9 Å². The van der Waals surface area contributed by atoms with Crippen LogP contribution in [0.5, 0.6) is 0 Å². The van der Waals surface area contributed by atoms with E-state index in [9.17, 15) is 128 Å². The molecule has 0 aliphatic carbocycles. The van der Waals surface area contributed by atoms with Crippen molar-refractivity contribution in [3.8, 4) is 0 Å². The van der Waals surface area contributed by atoms with Gasteiger partial charge in [-0.05, 0) is 104 Å². The van der Waals surface area contributed by atoms with Crippen LogP contribution in [0.15, 0.2) is 132 Å². The molecule has 6 heterocycles. The van der Waals surface area contributed by atoms with Crippen molar-refractivity contribution in [1.29, 1.82) is 0 Å². The van der Waals surface area contributed by atoms with Crippen molar-refractivity contribution in [2.75, 3.05) is 32.8 Å². The molecule has 9 aromatic rings. The minimum absolute atomic E-state index is 0.000111. The van der Waals surface area contributed by atoms with Crippen LogP contribution in [0.2, 0.25) is 15.1 Å². The van der Waals surface area contributed by atoms with E-state index in [4.69, 9.17) is 43.9 Å². The van der Waals surface area contributed by atoms with Crippen LogP contribution in [-0.4, -0.2) is 179 Å². The molecule has 6 aromatic carbocycles. The number of nitrogens with zero attached hydrogens (tertiary/aromatic N) is 6. The van der Waals surface area contributed by atoms with E-state index < -0.39 is 195 Å². The second-order valence-corrected chi connectivity index (χ2v) is 33.9. The summed E-state index contributed by atoms with van der Waals surface area (Å²) in [5.74, 6) is -12.5. The lowest BCUT2D eigenvalue weighted by Crippen LogP contribution is -2.42. The van der Waals surface area contributed by atoms with E-state index in [1.54, 1.807) is 13.8 Å². The number of carbonyl (C=O) groups excluding carboxylic acids is 9. The Bertz CT molecular complexity index is 5630. The van der Waals surface area contributed by atoms with Crippen molar-refractivity contribution >= 4 is 162 Å². The summed E-state index contributed by atoms with van der Waals surface area (Å²) < 4.78 is 245. The molecule has 42 heteroatoms. The molecule has 6 atom stereocenters. The quantitative estimate of drug-likeness (QED) is 0.0275. The smallest absolute Gasteiger partial charge is 0.337 e. The fraction of sp³-hybridized carbons (Fsp3) is 0.354. The van der Waals surface area contributed by atoms with Crippen LogP contribution < -0.4 is 10.6 Å². The van der Waals surface area contributed by atoms with Gasteiger partial charge in [-0.25, -0.2) is 26.3 Å². The molecular weight excluding hydrogens is 1810 g/mol. The van der Waals surface area contributed by atoms with Crippen LogP contribution in [0, 0.1) is 17.5 Å². The molecule has 3 amide bonds. The summed E-state index contributed by atoms with van der Waals surface area (Å²) in [4.78, 5) is 137. The highest BCUT2D eigenvalue weighted by Crippen LogP contribution is 2.48. The van der Waals surface area contributed by atoms with Crippen LogP contribution in [0.4, 0.5) is 65.9 Å². The van der Waals surface area contributed by atoms with Gasteiger partial charge in [0.05, 0.1) is 110 Å². The lowest BCUT2D eigenvalue weighted by molar-refractivity contribution is -0.138. The average Bonchev–Trinajstić information content (AvgIpc) is 1.62. The minimum atomic E-state index is -5.28. The number of amides is 3. The number of rotatable bonds is 27. The number of aromatic nitrogens is 3. The zero-order valence-electron chi connectivity index (χ0n) is 63.1. The highest BCUT2D eigenvalue weighted by molar-refractivity contribution is 9.10. The third kappa shape index (κ3) is 22.0. The van der Waals surface area contributed by atoms with Gasteiger partial charge >= 0.3 is 33.7 Å². The summed E-state index contributed by atoms with van der Waals surface area (Å²) in [6, 6.07) is 19.9. The molecular formula is C79H69BrCl3F15N6O15P2. The summed E-state index contributed by atoms with van der Waals surface area (Å²) in [7, 11) is -8.77. The number of halogens is 19. The Morgan fingerprint density at radius 3 is 1.03 bits per heavy atom. The number of hydrogen-bond donors (Lipinski definition) is 2. The maximum absolute atomic E-state index is 14.5. The second-order valence-electron chi connectivity index (χ2n) is 28.2. The largest absolute Gasteiger partial charge is 0.454 e. The van der Waals surface area contributed by atoms with Gasteiger partial charge in [-0.1, -0.05) is 105 Å². The van der Waals surface area contributed by atoms with Crippen molar-refractivity contribution in [2.45, 2.75) is 146 Å². The van der Waals surface area contributed by atoms with Gasteiger partial charge in [0.2, 0.25) is 17.7 Å². The molecule has 0 radical (unpaired) electrons. The van der Waals surface area contributed by atoms with Crippen LogP contribution in [0.1, 0.15) is 100 Å². The average molecular weight is 1880 g/mol. The normalized spacial score (nSPS) is 17.8. The molecule has 3 aliphatic rings. The number of Topliss-reactive ketones (excluding diaryl/α,β-unsaturated/α-hetero) is 6. The van der Waals surface area contributed by atoms with E-state index in [2.05, 4.69) is 15.9 Å². The molecule has 0 bridgehead atoms. The molecule has 3 fully saturated rings. The molecule has 12 rings (SSSR count). The fourth-order valence-corrected chi connectivity index (χ4v) is 17.5. The Kier molecular flexibility index (Phi) is 29.9. The monoisotopic (exact) mass is 1870 g/mol. The highest BCUT2D eigenvalue weighted by Gasteiger charge is 2.47. The number of ketones is 6. The molecule has 2 N–H and O–H groups in total. The van der Waals surface area contributed by atoms with Gasteiger partial charge in [0, 0.05) is 77.7 Å². The van der Waals surface area contributed by atoms with Crippen molar-refractivity contribution in [3.63, 3.8) is 0 Å². The predicted molar refractivity (Wildman–Crippen MR) is 416 cm³/mol. The minimum Gasteiger partial charge on any atom is -0.337 e. The first-order valence-electron chi connectivity index (χ1n) is 36.7. The van der Waals surface area contributed by atoms with Crippen molar-refractivity contribution < 1.29 is 137 Å². The Hall–Kier alpha value is -9.03. The Labute approximate surface area is 700 Å². The molecule has 648 valence electrons. The first-order chi connectivity index (χ1) is 56.6. The molecule has 3 aromatic heterocycles. The summed E-state index contributed by atoms with van der Waals surface area (Å²) in [5.41, 5.74) is -1.82. The molecule has 21 nitrogen and oxygen atoms in total. The van der Waals surface area contributed by atoms with Gasteiger partial charge in [0.1, 0.15) is 55.6 Å². The van der Waals surface area contributed by atoms with E-state index in [0.717, 1.165) is 66.7 Å². The molecule has 3 aliphatic heterocycles. The Morgan fingerprint density at radius 2 is 0.736 bits per heavy atom. The molecule has 0 saturated carbocycles. The Morgan fingerprint density at radius 1 is 0.446 bits per heavy atom. The summed E-state index contributed by atoms with van der Waals surface area (Å²) in [5, 5.41) is -1.43. The lowest BCUT2D eigenvalue weighted by Gasteiger charge is -2.24. The third-order valence-corrected chi connectivity index (χ3v) is 24.5. The van der Waals surface area contributed by atoms with Crippen LogP contribution in [0.3, 0.4) is 0 Å². The van der Waals surface area contributed by atoms with Crippen molar-refractivity contribution in [1.82, 2.24) is 28.4 Å².